The van der Waals surface area contributed by atoms with Gasteiger partial charge < -0.3 is 23.8 Å². The molecule has 0 aliphatic carbocycles. The van der Waals surface area contributed by atoms with Crippen molar-refractivity contribution in [1.82, 2.24) is 4.98 Å². The van der Waals surface area contributed by atoms with Gasteiger partial charge in [0.05, 0.1) is 30.7 Å². The quantitative estimate of drug-likeness (QED) is 0.254. The summed E-state index contributed by atoms with van der Waals surface area (Å²) in [6.45, 7) is 4.85. The molecular formula is C25H27N2O8PS. The van der Waals surface area contributed by atoms with Crippen molar-refractivity contribution in [2.45, 2.75) is 20.8 Å². The lowest BCUT2D eigenvalue weighted by molar-refractivity contribution is -0.119. The SMILES string of the molecule is CCOC(=O)c1nc(-c2ccccc2)sc1NC(=O)COC(=O)c1cccc(P(=O)(OCC)OCC)c1. The van der Waals surface area contributed by atoms with E-state index in [-0.39, 0.29) is 41.4 Å². The third kappa shape index (κ3) is 7.33. The molecule has 1 aromatic heterocycles. The summed E-state index contributed by atoms with van der Waals surface area (Å²) < 4.78 is 33.8. The molecule has 0 saturated carbocycles. The molecule has 1 amide bonds. The lowest BCUT2D eigenvalue weighted by atomic mass is 10.2. The van der Waals surface area contributed by atoms with Crippen LogP contribution in [-0.4, -0.2) is 49.3 Å². The van der Waals surface area contributed by atoms with Gasteiger partial charge >= 0.3 is 19.5 Å². The van der Waals surface area contributed by atoms with E-state index in [4.69, 9.17) is 18.5 Å². The van der Waals surface area contributed by atoms with E-state index in [1.54, 1.807) is 20.8 Å². The summed E-state index contributed by atoms with van der Waals surface area (Å²) in [6.07, 6.45) is 0. The first kappa shape index (κ1) is 28.2. The van der Waals surface area contributed by atoms with Crippen LogP contribution in [-0.2, 0) is 27.9 Å². The first-order chi connectivity index (χ1) is 17.8. The van der Waals surface area contributed by atoms with Crippen molar-refractivity contribution in [3.63, 3.8) is 0 Å². The number of hydrogen-bond donors (Lipinski definition) is 1. The topological polar surface area (TPSA) is 130 Å². The second-order valence-electron chi connectivity index (χ2n) is 7.29. The van der Waals surface area contributed by atoms with Crippen LogP contribution in [0, 0.1) is 0 Å². The van der Waals surface area contributed by atoms with Gasteiger partial charge in [-0.25, -0.2) is 14.6 Å². The van der Waals surface area contributed by atoms with E-state index in [1.165, 1.54) is 24.3 Å². The Morgan fingerprint density at radius 1 is 0.892 bits per heavy atom. The average Bonchev–Trinajstić information content (AvgIpc) is 3.32. The highest BCUT2D eigenvalue weighted by atomic mass is 32.1. The monoisotopic (exact) mass is 546 g/mol. The van der Waals surface area contributed by atoms with E-state index in [1.807, 2.05) is 30.3 Å². The van der Waals surface area contributed by atoms with Gasteiger partial charge in [0, 0.05) is 5.56 Å². The van der Waals surface area contributed by atoms with Crippen LogP contribution in [0.15, 0.2) is 54.6 Å². The summed E-state index contributed by atoms with van der Waals surface area (Å²) >= 11 is 1.10. The van der Waals surface area contributed by atoms with Crippen molar-refractivity contribution >= 4 is 47.1 Å². The molecule has 0 unspecified atom stereocenters. The van der Waals surface area contributed by atoms with E-state index in [0.29, 0.717) is 5.01 Å². The maximum absolute atomic E-state index is 13.0. The van der Waals surface area contributed by atoms with Crippen LogP contribution < -0.4 is 10.6 Å². The van der Waals surface area contributed by atoms with Crippen molar-refractivity contribution in [2.24, 2.45) is 0 Å². The number of anilines is 1. The van der Waals surface area contributed by atoms with Gasteiger partial charge in [-0.3, -0.25) is 9.36 Å². The largest absolute Gasteiger partial charge is 0.461 e. The third-order valence-corrected chi connectivity index (χ3v) is 7.83. The Balaban J connectivity index is 1.71. The molecule has 0 fully saturated rings. The highest BCUT2D eigenvalue weighted by molar-refractivity contribution is 7.62. The molecule has 0 radical (unpaired) electrons. The van der Waals surface area contributed by atoms with Gasteiger partial charge in [-0.15, -0.1) is 0 Å². The summed E-state index contributed by atoms with van der Waals surface area (Å²) in [5, 5.41) is 3.46. The summed E-state index contributed by atoms with van der Waals surface area (Å²) in [4.78, 5) is 41.9. The van der Waals surface area contributed by atoms with Crippen molar-refractivity contribution in [2.75, 3.05) is 31.7 Å². The second-order valence-corrected chi connectivity index (χ2v) is 10.3. The number of thiazole rings is 1. The zero-order valence-electron chi connectivity index (χ0n) is 20.6. The van der Waals surface area contributed by atoms with Gasteiger partial charge in [-0.2, -0.15) is 0 Å². The fourth-order valence-electron chi connectivity index (χ4n) is 3.15. The predicted octanol–water partition coefficient (Wildman–Crippen LogP) is 4.67. The number of ether oxygens (including phenoxy) is 2. The van der Waals surface area contributed by atoms with Crippen LogP contribution in [0.5, 0.6) is 0 Å². The highest BCUT2D eigenvalue weighted by Crippen LogP contribution is 2.46. The second kappa shape index (κ2) is 13.3. The maximum atomic E-state index is 13.0. The van der Waals surface area contributed by atoms with Gasteiger partial charge in [-0.1, -0.05) is 47.7 Å². The zero-order chi connectivity index (χ0) is 26.8. The number of benzene rings is 2. The van der Waals surface area contributed by atoms with Crippen LogP contribution >= 0.6 is 18.9 Å². The molecule has 37 heavy (non-hydrogen) atoms. The molecule has 12 heteroatoms. The standard InChI is InChI=1S/C25H27N2O8PS/c1-4-32-25(30)21-23(37-22(27-21)17-11-8-7-9-12-17)26-20(28)16-33-24(29)18-13-10-14-19(15-18)36(31,34-5-2)35-6-3/h7-15H,4-6,16H2,1-3H3,(H,26,28). The molecule has 1 heterocycles. The number of carbonyl (C=O) groups excluding carboxylic acids is 3. The molecule has 2 aromatic carbocycles. The van der Waals surface area contributed by atoms with Gasteiger partial charge in [0.1, 0.15) is 10.0 Å². The number of aromatic nitrogens is 1. The van der Waals surface area contributed by atoms with E-state index in [9.17, 15) is 18.9 Å². The Morgan fingerprint density at radius 2 is 1.59 bits per heavy atom. The van der Waals surface area contributed by atoms with E-state index in [2.05, 4.69) is 10.3 Å². The Morgan fingerprint density at radius 3 is 2.24 bits per heavy atom. The molecule has 10 nitrogen and oxygen atoms in total. The molecule has 0 atom stereocenters. The summed E-state index contributed by atoms with van der Waals surface area (Å²) in [5.41, 5.74) is 0.795. The van der Waals surface area contributed by atoms with Crippen molar-refractivity contribution < 1.29 is 37.5 Å². The maximum Gasteiger partial charge on any atom is 0.361 e. The predicted molar refractivity (Wildman–Crippen MR) is 139 cm³/mol. The molecule has 196 valence electrons. The average molecular weight is 547 g/mol. The Labute approximate surface area is 218 Å². The van der Waals surface area contributed by atoms with E-state index >= 15 is 0 Å². The first-order valence-corrected chi connectivity index (χ1v) is 13.9. The minimum atomic E-state index is -3.60. The van der Waals surface area contributed by atoms with Crippen molar-refractivity contribution in [3.05, 3.63) is 65.9 Å². The van der Waals surface area contributed by atoms with Crippen molar-refractivity contribution in [3.8, 4) is 10.6 Å². The molecule has 1 N–H and O–H groups in total. The molecule has 0 aliphatic heterocycles. The molecule has 3 rings (SSSR count). The molecule has 0 saturated heterocycles. The van der Waals surface area contributed by atoms with Crippen LogP contribution in [0.2, 0.25) is 0 Å². The minimum Gasteiger partial charge on any atom is -0.461 e. The first-order valence-electron chi connectivity index (χ1n) is 11.5. The number of rotatable bonds is 12. The summed E-state index contributed by atoms with van der Waals surface area (Å²) in [6, 6.07) is 15.0. The summed E-state index contributed by atoms with van der Waals surface area (Å²) in [5.74, 6) is -2.16. The number of nitrogens with one attached hydrogen (secondary N) is 1. The number of carbonyl (C=O) groups is 3. The smallest absolute Gasteiger partial charge is 0.361 e. The number of esters is 2. The molecule has 3 aromatic rings. The number of nitrogens with zero attached hydrogens (tertiary/aromatic N) is 1. The van der Waals surface area contributed by atoms with Crippen LogP contribution in [0.1, 0.15) is 41.6 Å². The molecule has 0 spiro atoms. The number of amides is 1. The normalized spacial score (nSPS) is 11.1. The van der Waals surface area contributed by atoms with Gasteiger partial charge in [0.25, 0.3) is 5.91 Å². The summed E-state index contributed by atoms with van der Waals surface area (Å²) in [7, 11) is -3.60. The molecular weight excluding hydrogens is 519 g/mol. The Hall–Kier alpha value is -3.37. The lowest BCUT2D eigenvalue weighted by Crippen LogP contribution is -2.22. The molecule has 0 bridgehead atoms. The van der Waals surface area contributed by atoms with E-state index < -0.39 is 32.0 Å². The van der Waals surface area contributed by atoms with Crippen LogP contribution in [0.4, 0.5) is 5.00 Å². The Bertz CT molecular complexity index is 1280. The number of hydrogen-bond acceptors (Lipinski definition) is 10. The van der Waals surface area contributed by atoms with Crippen molar-refractivity contribution in [1.29, 1.82) is 0 Å². The highest BCUT2D eigenvalue weighted by Gasteiger charge is 2.28. The third-order valence-electron chi connectivity index (χ3n) is 4.70. The van der Waals surface area contributed by atoms with Gasteiger partial charge in [0.15, 0.2) is 12.3 Å². The van der Waals surface area contributed by atoms with Gasteiger partial charge in [0.2, 0.25) is 0 Å². The van der Waals surface area contributed by atoms with E-state index in [0.717, 1.165) is 16.9 Å². The van der Waals surface area contributed by atoms with Crippen LogP contribution in [0.3, 0.4) is 0 Å². The minimum absolute atomic E-state index is 0.0410. The lowest BCUT2D eigenvalue weighted by Gasteiger charge is -2.17. The molecule has 0 aliphatic rings. The van der Waals surface area contributed by atoms with Gasteiger partial charge in [-0.05, 0) is 39.0 Å². The zero-order valence-corrected chi connectivity index (χ0v) is 22.3. The Kier molecular flexibility index (Phi) is 10.1. The fourth-order valence-corrected chi connectivity index (χ4v) is 5.75. The fraction of sp³-hybridized carbons (Fsp3) is 0.280. The van der Waals surface area contributed by atoms with Crippen LogP contribution in [0.25, 0.3) is 10.6 Å².